The third-order valence-corrected chi connectivity index (χ3v) is 3.68. The minimum absolute atomic E-state index is 0.0525. The van der Waals surface area contributed by atoms with Crippen molar-refractivity contribution in [1.82, 2.24) is 0 Å². The lowest BCUT2D eigenvalue weighted by molar-refractivity contribution is -0.142. The van der Waals surface area contributed by atoms with Crippen molar-refractivity contribution < 1.29 is 19.4 Å². The Labute approximate surface area is 112 Å². The third-order valence-electron chi connectivity index (χ3n) is 3.68. The first-order chi connectivity index (χ1) is 9.10. The summed E-state index contributed by atoms with van der Waals surface area (Å²) in [5, 5.41) is 8.99. The monoisotopic (exact) mass is 262 g/mol. The molecule has 1 N–H and O–H groups in total. The molecule has 1 aromatic carbocycles. The molecule has 1 fully saturated rings. The first-order valence-electron chi connectivity index (χ1n) is 6.57. The van der Waals surface area contributed by atoms with Gasteiger partial charge in [-0.1, -0.05) is 31.0 Å². The first-order valence-corrected chi connectivity index (χ1v) is 6.57. The Balaban J connectivity index is 1.97. The summed E-state index contributed by atoms with van der Waals surface area (Å²) in [5.41, 5.74) is -0.405. The number of esters is 1. The zero-order chi connectivity index (χ0) is 13.7. The number of aliphatic carboxylic acids is 1. The molecule has 0 saturated heterocycles. The van der Waals surface area contributed by atoms with Crippen molar-refractivity contribution in [2.75, 3.05) is 0 Å². The summed E-state index contributed by atoms with van der Waals surface area (Å²) in [6.45, 7) is 0. The molecule has 1 aliphatic carbocycles. The highest BCUT2D eigenvalue weighted by molar-refractivity contribution is 5.75. The van der Waals surface area contributed by atoms with Gasteiger partial charge in [-0.2, -0.15) is 0 Å². The second-order valence-corrected chi connectivity index (χ2v) is 5.24. The zero-order valence-corrected chi connectivity index (χ0v) is 10.8. The molecule has 0 heterocycles. The number of hydrogen-bond donors (Lipinski definition) is 1. The average Bonchev–Trinajstić information content (AvgIpc) is 2.77. The molecule has 0 aromatic heterocycles. The molecule has 4 nitrogen and oxygen atoms in total. The lowest BCUT2D eigenvalue weighted by atomic mass is 9.79. The summed E-state index contributed by atoms with van der Waals surface area (Å²) in [5.74, 6) is -0.667. The third kappa shape index (κ3) is 3.81. The van der Waals surface area contributed by atoms with Gasteiger partial charge in [0.2, 0.25) is 0 Å². The molecule has 0 atom stereocenters. The van der Waals surface area contributed by atoms with Gasteiger partial charge in [0, 0.05) is 0 Å². The largest absolute Gasteiger partial charge is 0.481 e. The standard InChI is InChI=1S/C15H18O4/c16-13(17)10-15(8-4-5-9-15)11-14(18)19-12-6-2-1-3-7-12/h1-3,6-7H,4-5,8-11H2,(H,16,17). The van der Waals surface area contributed by atoms with Gasteiger partial charge in [0.05, 0.1) is 12.8 Å². The smallest absolute Gasteiger partial charge is 0.311 e. The molecular weight excluding hydrogens is 244 g/mol. The van der Waals surface area contributed by atoms with Gasteiger partial charge in [-0.3, -0.25) is 9.59 Å². The van der Waals surface area contributed by atoms with Gasteiger partial charge in [-0.15, -0.1) is 0 Å². The second-order valence-electron chi connectivity index (χ2n) is 5.24. The molecule has 0 amide bonds. The maximum absolute atomic E-state index is 11.9. The van der Waals surface area contributed by atoms with Crippen LogP contribution in [-0.4, -0.2) is 17.0 Å². The van der Waals surface area contributed by atoms with Gasteiger partial charge in [-0.05, 0) is 30.4 Å². The van der Waals surface area contributed by atoms with Crippen LogP contribution in [0.25, 0.3) is 0 Å². The maximum atomic E-state index is 11.9. The Kier molecular flexibility index (Phi) is 4.20. The van der Waals surface area contributed by atoms with Crippen LogP contribution in [0.1, 0.15) is 38.5 Å². The molecule has 1 aromatic rings. The molecule has 1 saturated carbocycles. The van der Waals surface area contributed by atoms with Crippen LogP contribution in [0, 0.1) is 5.41 Å². The number of ether oxygens (including phenoxy) is 1. The predicted molar refractivity (Wildman–Crippen MR) is 69.8 cm³/mol. The maximum Gasteiger partial charge on any atom is 0.311 e. The molecule has 19 heavy (non-hydrogen) atoms. The molecular formula is C15H18O4. The summed E-state index contributed by atoms with van der Waals surface area (Å²) in [7, 11) is 0. The van der Waals surface area contributed by atoms with Crippen LogP contribution in [0.15, 0.2) is 30.3 Å². The Bertz CT molecular complexity index is 446. The number of carbonyl (C=O) groups excluding carboxylic acids is 1. The van der Waals surface area contributed by atoms with Crippen molar-refractivity contribution in [3.63, 3.8) is 0 Å². The Morgan fingerprint density at radius 3 is 2.32 bits per heavy atom. The molecule has 0 aliphatic heterocycles. The fourth-order valence-corrected chi connectivity index (χ4v) is 2.82. The molecule has 4 heteroatoms. The van der Waals surface area contributed by atoms with Gasteiger partial charge >= 0.3 is 11.9 Å². The van der Waals surface area contributed by atoms with Crippen LogP contribution in [0.3, 0.4) is 0 Å². The summed E-state index contributed by atoms with van der Waals surface area (Å²) >= 11 is 0. The van der Waals surface area contributed by atoms with Crippen LogP contribution in [-0.2, 0) is 9.59 Å². The van der Waals surface area contributed by atoms with Crippen LogP contribution >= 0.6 is 0 Å². The van der Waals surface area contributed by atoms with Crippen molar-refractivity contribution in [1.29, 1.82) is 0 Å². The summed E-state index contributed by atoms with van der Waals surface area (Å²) in [4.78, 5) is 22.9. The highest BCUT2D eigenvalue weighted by Crippen LogP contribution is 2.44. The molecule has 0 bridgehead atoms. The highest BCUT2D eigenvalue weighted by Gasteiger charge is 2.38. The van der Waals surface area contributed by atoms with Gasteiger partial charge in [0.1, 0.15) is 5.75 Å². The van der Waals surface area contributed by atoms with Crippen molar-refractivity contribution in [2.45, 2.75) is 38.5 Å². The molecule has 0 radical (unpaired) electrons. The summed E-state index contributed by atoms with van der Waals surface area (Å²) < 4.78 is 5.25. The van der Waals surface area contributed by atoms with E-state index in [4.69, 9.17) is 9.84 Å². The van der Waals surface area contributed by atoms with E-state index in [9.17, 15) is 9.59 Å². The lowest BCUT2D eigenvalue weighted by Gasteiger charge is -2.25. The number of carboxylic acids is 1. The van der Waals surface area contributed by atoms with E-state index >= 15 is 0 Å². The van der Waals surface area contributed by atoms with E-state index in [0.717, 1.165) is 25.7 Å². The van der Waals surface area contributed by atoms with E-state index in [1.165, 1.54) is 0 Å². The molecule has 0 unspecified atom stereocenters. The number of benzene rings is 1. The molecule has 102 valence electrons. The van der Waals surface area contributed by atoms with Crippen LogP contribution in [0.2, 0.25) is 0 Å². The van der Waals surface area contributed by atoms with Crippen molar-refractivity contribution in [2.24, 2.45) is 5.41 Å². The van der Waals surface area contributed by atoms with Crippen LogP contribution in [0.4, 0.5) is 0 Å². The quantitative estimate of drug-likeness (QED) is 0.654. The van der Waals surface area contributed by atoms with Gasteiger partial charge in [0.15, 0.2) is 0 Å². The van der Waals surface area contributed by atoms with E-state index in [0.29, 0.717) is 5.75 Å². The SMILES string of the molecule is O=C(O)CC1(CC(=O)Oc2ccccc2)CCCC1. The molecule has 2 rings (SSSR count). The minimum Gasteiger partial charge on any atom is -0.481 e. The normalized spacial score (nSPS) is 17.1. The van der Waals surface area contributed by atoms with Gasteiger partial charge in [0.25, 0.3) is 0 Å². The average molecular weight is 262 g/mol. The zero-order valence-electron chi connectivity index (χ0n) is 10.8. The Morgan fingerprint density at radius 2 is 1.74 bits per heavy atom. The van der Waals surface area contributed by atoms with Gasteiger partial charge in [-0.25, -0.2) is 0 Å². The Hall–Kier alpha value is -1.84. The second kappa shape index (κ2) is 5.87. The predicted octanol–water partition coefficient (Wildman–Crippen LogP) is 3.02. The molecule has 1 aliphatic rings. The fourth-order valence-electron chi connectivity index (χ4n) is 2.82. The number of carbonyl (C=O) groups is 2. The van der Waals surface area contributed by atoms with Crippen molar-refractivity contribution in [3.05, 3.63) is 30.3 Å². The van der Waals surface area contributed by atoms with E-state index < -0.39 is 11.4 Å². The number of rotatable bonds is 5. The molecule has 0 spiro atoms. The topological polar surface area (TPSA) is 63.6 Å². The fraction of sp³-hybridized carbons (Fsp3) is 0.467. The lowest BCUT2D eigenvalue weighted by Crippen LogP contribution is -2.26. The van der Waals surface area contributed by atoms with Crippen molar-refractivity contribution in [3.8, 4) is 5.75 Å². The highest BCUT2D eigenvalue weighted by atomic mass is 16.5. The van der Waals surface area contributed by atoms with E-state index in [-0.39, 0.29) is 18.8 Å². The van der Waals surface area contributed by atoms with E-state index in [1.54, 1.807) is 24.3 Å². The Morgan fingerprint density at radius 1 is 1.11 bits per heavy atom. The van der Waals surface area contributed by atoms with Crippen LogP contribution in [0.5, 0.6) is 5.75 Å². The summed E-state index contributed by atoms with van der Waals surface area (Å²) in [6.07, 6.45) is 3.81. The number of carboxylic acid groups (broad SMARTS) is 1. The van der Waals surface area contributed by atoms with Gasteiger partial charge < -0.3 is 9.84 Å². The first kappa shape index (κ1) is 13.6. The van der Waals surface area contributed by atoms with Crippen LogP contribution < -0.4 is 4.74 Å². The number of hydrogen-bond acceptors (Lipinski definition) is 3. The minimum atomic E-state index is -0.839. The number of para-hydroxylation sites is 1. The van der Waals surface area contributed by atoms with Crippen molar-refractivity contribution >= 4 is 11.9 Å². The summed E-state index contributed by atoms with van der Waals surface area (Å²) in [6, 6.07) is 8.88. The van der Waals surface area contributed by atoms with E-state index in [2.05, 4.69) is 0 Å². The van der Waals surface area contributed by atoms with E-state index in [1.807, 2.05) is 6.07 Å².